The molecule has 2 rings (SSSR count). The molecule has 0 saturated carbocycles. The highest BCUT2D eigenvalue weighted by atomic mass is 16.5. The third kappa shape index (κ3) is 2.66. The summed E-state index contributed by atoms with van der Waals surface area (Å²) in [6.45, 7) is 7.83. The van der Waals surface area contributed by atoms with Gasteiger partial charge >= 0.3 is 0 Å². The van der Waals surface area contributed by atoms with E-state index in [2.05, 4.69) is 20.0 Å². The van der Waals surface area contributed by atoms with Gasteiger partial charge in [-0.1, -0.05) is 32.9 Å². The topological polar surface area (TPSA) is 88.3 Å². The Balaban J connectivity index is 2.28. The second-order valence-electron chi connectivity index (χ2n) is 5.73. The van der Waals surface area contributed by atoms with E-state index in [0.29, 0.717) is 5.82 Å². The number of aromatic nitrogens is 2. The van der Waals surface area contributed by atoms with E-state index in [1.54, 1.807) is 4.90 Å². The lowest BCUT2D eigenvalue weighted by Crippen LogP contribution is -2.65. The molecule has 2 unspecified atom stereocenters. The van der Waals surface area contributed by atoms with E-state index in [1.165, 1.54) is 6.39 Å². The lowest BCUT2D eigenvalue weighted by atomic mass is 9.93. The smallest absolute Gasteiger partial charge is 0.246 e. The van der Waals surface area contributed by atoms with Gasteiger partial charge < -0.3 is 14.7 Å². The number of hydrogen-bond acceptors (Lipinski definition) is 5. The molecule has 1 aromatic rings. The van der Waals surface area contributed by atoms with Crippen molar-refractivity contribution in [2.24, 2.45) is 11.8 Å². The average molecular weight is 280 g/mol. The minimum atomic E-state index is -0.504. The number of nitrogens with one attached hydrogen (secondary N) is 1. The Morgan fingerprint density at radius 2 is 2.00 bits per heavy atom. The second-order valence-corrected chi connectivity index (χ2v) is 5.73. The van der Waals surface area contributed by atoms with Crippen LogP contribution in [0, 0.1) is 11.8 Å². The first-order chi connectivity index (χ1) is 9.41. The molecule has 1 fully saturated rings. The Morgan fingerprint density at radius 3 is 2.50 bits per heavy atom. The van der Waals surface area contributed by atoms with Gasteiger partial charge in [0.1, 0.15) is 12.1 Å². The SMILES string of the molecule is CC(C)C1NC(=O)C(C(C)C)N(Cc2ncon2)C1=O. The lowest BCUT2D eigenvalue weighted by Gasteiger charge is -2.41. The molecular weight excluding hydrogens is 260 g/mol. The molecule has 110 valence electrons. The zero-order valence-electron chi connectivity index (χ0n) is 12.2. The summed E-state index contributed by atoms with van der Waals surface area (Å²) in [5.74, 6) is 0.234. The van der Waals surface area contributed by atoms with Crippen LogP contribution in [0.3, 0.4) is 0 Å². The predicted molar refractivity (Wildman–Crippen MR) is 70.2 cm³/mol. The van der Waals surface area contributed by atoms with Crippen LogP contribution in [-0.2, 0) is 16.1 Å². The molecule has 1 aromatic heterocycles. The van der Waals surface area contributed by atoms with Gasteiger partial charge in [-0.3, -0.25) is 9.59 Å². The fraction of sp³-hybridized carbons (Fsp3) is 0.692. The summed E-state index contributed by atoms with van der Waals surface area (Å²) in [4.78, 5) is 30.3. The normalized spacial score (nSPS) is 23.6. The zero-order valence-corrected chi connectivity index (χ0v) is 12.2. The van der Waals surface area contributed by atoms with Gasteiger partial charge in [0.15, 0.2) is 5.82 Å². The van der Waals surface area contributed by atoms with Crippen molar-refractivity contribution in [1.82, 2.24) is 20.4 Å². The molecule has 1 saturated heterocycles. The molecule has 1 aliphatic rings. The summed E-state index contributed by atoms with van der Waals surface area (Å²) in [7, 11) is 0. The lowest BCUT2D eigenvalue weighted by molar-refractivity contribution is -0.153. The van der Waals surface area contributed by atoms with Crippen LogP contribution in [0.15, 0.2) is 10.9 Å². The maximum Gasteiger partial charge on any atom is 0.246 e. The number of hydrogen-bond donors (Lipinski definition) is 1. The molecule has 0 spiro atoms. The van der Waals surface area contributed by atoms with Gasteiger partial charge in [0.25, 0.3) is 0 Å². The molecule has 7 nitrogen and oxygen atoms in total. The maximum atomic E-state index is 12.6. The minimum absolute atomic E-state index is 0.0129. The van der Waals surface area contributed by atoms with E-state index in [9.17, 15) is 9.59 Å². The van der Waals surface area contributed by atoms with Crippen molar-refractivity contribution in [3.05, 3.63) is 12.2 Å². The van der Waals surface area contributed by atoms with Crippen LogP contribution < -0.4 is 5.32 Å². The number of carbonyl (C=O) groups excluding carboxylic acids is 2. The number of piperazine rings is 1. The molecule has 1 N–H and O–H groups in total. The fourth-order valence-corrected chi connectivity index (χ4v) is 2.46. The molecule has 20 heavy (non-hydrogen) atoms. The Hall–Kier alpha value is -1.92. The summed E-state index contributed by atoms with van der Waals surface area (Å²) in [6, 6.07) is -1.000. The first-order valence-electron chi connectivity index (χ1n) is 6.78. The highest BCUT2D eigenvalue weighted by Crippen LogP contribution is 2.22. The third-order valence-corrected chi connectivity index (χ3v) is 3.47. The first-order valence-corrected chi connectivity index (χ1v) is 6.78. The molecule has 0 radical (unpaired) electrons. The standard InChI is InChI=1S/C13H20N4O3/c1-7(2)10-13(19)17(5-9-14-6-20-16-9)11(8(3)4)12(18)15-10/h6-8,10-11H,5H2,1-4H3,(H,15,18). The number of carbonyl (C=O) groups is 2. The van der Waals surface area contributed by atoms with Gasteiger partial charge in [-0.2, -0.15) is 4.98 Å². The Kier molecular flexibility index (Phi) is 4.06. The monoisotopic (exact) mass is 280 g/mol. The van der Waals surface area contributed by atoms with Gasteiger partial charge in [-0.15, -0.1) is 0 Å². The first kappa shape index (κ1) is 14.5. The van der Waals surface area contributed by atoms with Crippen LogP contribution >= 0.6 is 0 Å². The molecule has 2 amide bonds. The molecule has 2 heterocycles. The zero-order chi connectivity index (χ0) is 14.9. The van der Waals surface area contributed by atoms with Crippen molar-refractivity contribution >= 4 is 11.8 Å². The average Bonchev–Trinajstić information content (AvgIpc) is 2.85. The highest BCUT2D eigenvalue weighted by molar-refractivity contribution is 5.97. The van der Waals surface area contributed by atoms with Gasteiger partial charge in [0.2, 0.25) is 18.2 Å². The third-order valence-electron chi connectivity index (χ3n) is 3.47. The van der Waals surface area contributed by atoms with E-state index >= 15 is 0 Å². The fourth-order valence-electron chi connectivity index (χ4n) is 2.46. The number of nitrogens with zero attached hydrogens (tertiary/aromatic N) is 3. The molecule has 7 heteroatoms. The van der Waals surface area contributed by atoms with Gasteiger partial charge in [-0.05, 0) is 11.8 Å². The summed E-state index contributed by atoms with van der Waals surface area (Å²) in [5.41, 5.74) is 0. The van der Waals surface area contributed by atoms with Crippen molar-refractivity contribution in [2.75, 3.05) is 0 Å². The summed E-state index contributed by atoms with van der Waals surface area (Å²) in [6.07, 6.45) is 1.22. The van der Waals surface area contributed by atoms with Crippen molar-refractivity contribution in [3.8, 4) is 0 Å². The van der Waals surface area contributed by atoms with E-state index < -0.39 is 12.1 Å². The molecule has 2 atom stereocenters. The van der Waals surface area contributed by atoms with Crippen molar-refractivity contribution in [1.29, 1.82) is 0 Å². The minimum Gasteiger partial charge on any atom is -0.343 e. The molecule has 0 bridgehead atoms. The summed E-state index contributed by atoms with van der Waals surface area (Å²) < 4.78 is 4.69. The van der Waals surface area contributed by atoms with Crippen LogP contribution in [-0.4, -0.2) is 38.9 Å². The number of rotatable bonds is 4. The highest BCUT2D eigenvalue weighted by Gasteiger charge is 2.43. The van der Waals surface area contributed by atoms with Crippen molar-refractivity contribution < 1.29 is 14.1 Å². The quantitative estimate of drug-likeness (QED) is 0.871. The van der Waals surface area contributed by atoms with Crippen LogP contribution in [0.4, 0.5) is 0 Å². The van der Waals surface area contributed by atoms with Gasteiger partial charge in [0, 0.05) is 0 Å². The Labute approximate surface area is 117 Å². The van der Waals surface area contributed by atoms with E-state index in [0.717, 1.165) is 0 Å². The largest absolute Gasteiger partial charge is 0.343 e. The van der Waals surface area contributed by atoms with Crippen LogP contribution in [0.2, 0.25) is 0 Å². The molecular formula is C13H20N4O3. The van der Waals surface area contributed by atoms with E-state index in [1.807, 2.05) is 27.7 Å². The summed E-state index contributed by atoms with van der Waals surface area (Å²) in [5, 5.41) is 6.53. The maximum absolute atomic E-state index is 12.6. The molecule has 0 aromatic carbocycles. The van der Waals surface area contributed by atoms with Crippen molar-refractivity contribution in [2.45, 2.75) is 46.3 Å². The Morgan fingerprint density at radius 1 is 1.30 bits per heavy atom. The van der Waals surface area contributed by atoms with Crippen LogP contribution in [0.1, 0.15) is 33.5 Å². The predicted octanol–water partition coefficient (Wildman–Crippen LogP) is 0.577. The molecule has 1 aliphatic heterocycles. The van der Waals surface area contributed by atoms with Gasteiger partial charge in [-0.25, -0.2) is 0 Å². The van der Waals surface area contributed by atoms with E-state index in [-0.39, 0.29) is 30.2 Å². The van der Waals surface area contributed by atoms with Crippen molar-refractivity contribution in [3.63, 3.8) is 0 Å². The summed E-state index contributed by atoms with van der Waals surface area (Å²) >= 11 is 0. The second kappa shape index (κ2) is 5.60. The van der Waals surface area contributed by atoms with Crippen LogP contribution in [0.25, 0.3) is 0 Å². The van der Waals surface area contributed by atoms with E-state index in [4.69, 9.17) is 0 Å². The van der Waals surface area contributed by atoms with Gasteiger partial charge in [0.05, 0.1) is 6.54 Å². The number of amides is 2. The van der Waals surface area contributed by atoms with Crippen LogP contribution in [0.5, 0.6) is 0 Å². The molecule has 0 aliphatic carbocycles. The Bertz CT molecular complexity index is 484.